The van der Waals surface area contributed by atoms with Crippen LogP contribution in [0.25, 0.3) is 11.1 Å². The van der Waals surface area contributed by atoms with Gasteiger partial charge in [0.25, 0.3) is 0 Å². The lowest BCUT2D eigenvalue weighted by atomic mass is 9.91. The van der Waals surface area contributed by atoms with E-state index < -0.39 is 17.6 Å². The Morgan fingerprint density at radius 1 is 1.04 bits per heavy atom. The van der Waals surface area contributed by atoms with Crippen LogP contribution < -0.4 is 5.73 Å². The third kappa shape index (κ3) is 3.06. The Balaban J connectivity index is 1.44. The highest BCUT2D eigenvalue weighted by Crippen LogP contribution is 2.44. The zero-order valence-electron chi connectivity index (χ0n) is 14.9. The fourth-order valence-electron chi connectivity index (χ4n) is 3.99. The minimum absolute atomic E-state index is 0.00805. The number of piperidine rings is 1. The molecule has 1 aliphatic carbocycles. The molecule has 1 heterocycles. The molecule has 4 rings (SSSR count). The third-order valence-electron chi connectivity index (χ3n) is 5.64. The van der Waals surface area contributed by atoms with Gasteiger partial charge in [-0.15, -0.1) is 0 Å². The Labute approximate surface area is 157 Å². The summed E-state index contributed by atoms with van der Waals surface area (Å²) in [6.07, 6.45) is -0.164. The predicted molar refractivity (Wildman–Crippen MR) is 100 cm³/mol. The monoisotopic (exact) mass is 366 g/mol. The van der Waals surface area contributed by atoms with Crippen LogP contribution in [0.2, 0.25) is 0 Å². The number of carbonyl (C=O) groups excluding carboxylic acids is 2. The smallest absolute Gasteiger partial charge is 0.409 e. The molecule has 2 aromatic carbocycles. The second-order valence-electron chi connectivity index (χ2n) is 7.19. The van der Waals surface area contributed by atoms with Crippen molar-refractivity contribution in [3.63, 3.8) is 0 Å². The van der Waals surface area contributed by atoms with Crippen molar-refractivity contribution in [2.75, 3.05) is 19.7 Å². The Morgan fingerprint density at radius 2 is 1.56 bits per heavy atom. The van der Waals surface area contributed by atoms with E-state index in [4.69, 9.17) is 10.5 Å². The van der Waals surface area contributed by atoms with Crippen molar-refractivity contribution in [1.82, 2.24) is 4.90 Å². The van der Waals surface area contributed by atoms with Gasteiger partial charge in [0.05, 0.1) is 0 Å². The molecule has 6 heteroatoms. The van der Waals surface area contributed by atoms with Crippen LogP contribution in [-0.2, 0) is 9.53 Å². The molecular formula is C21H22N2O4. The maximum absolute atomic E-state index is 12.5. The number of amides is 2. The van der Waals surface area contributed by atoms with Gasteiger partial charge in [0.2, 0.25) is 5.91 Å². The first-order valence-corrected chi connectivity index (χ1v) is 9.12. The zero-order valence-corrected chi connectivity index (χ0v) is 14.9. The first-order valence-electron chi connectivity index (χ1n) is 9.12. The van der Waals surface area contributed by atoms with Gasteiger partial charge in [-0.1, -0.05) is 48.5 Å². The van der Waals surface area contributed by atoms with E-state index in [0.717, 1.165) is 11.1 Å². The molecule has 0 saturated carbocycles. The number of nitrogens with zero attached hydrogens (tertiary/aromatic N) is 1. The van der Waals surface area contributed by atoms with Crippen LogP contribution in [-0.4, -0.2) is 47.3 Å². The average Bonchev–Trinajstić information content (AvgIpc) is 3.00. The van der Waals surface area contributed by atoms with Crippen molar-refractivity contribution < 1.29 is 19.4 Å². The summed E-state index contributed by atoms with van der Waals surface area (Å²) < 4.78 is 5.60. The molecule has 0 unspecified atom stereocenters. The highest BCUT2D eigenvalue weighted by molar-refractivity contribution is 5.83. The van der Waals surface area contributed by atoms with Crippen LogP contribution in [0.1, 0.15) is 29.9 Å². The Kier molecular flexibility index (Phi) is 4.36. The number of rotatable bonds is 3. The lowest BCUT2D eigenvalue weighted by Crippen LogP contribution is -2.53. The predicted octanol–water partition coefficient (Wildman–Crippen LogP) is 2.25. The lowest BCUT2D eigenvalue weighted by Gasteiger charge is -2.35. The molecule has 0 aromatic heterocycles. The topological polar surface area (TPSA) is 92.9 Å². The van der Waals surface area contributed by atoms with E-state index in [0.29, 0.717) is 0 Å². The first-order chi connectivity index (χ1) is 13.0. The number of primary amides is 1. The van der Waals surface area contributed by atoms with Crippen LogP contribution in [0.3, 0.4) is 0 Å². The molecule has 1 saturated heterocycles. The number of nitrogens with two attached hydrogens (primary N) is 1. The Morgan fingerprint density at radius 3 is 2.07 bits per heavy atom. The molecule has 27 heavy (non-hydrogen) atoms. The second kappa shape index (κ2) is 6.70. The number of hydrogen-bond donors (Lipinski definition) is 2. The Hall–Kier alpha value is -2.86. The van der Waals surface area contributed by atoms with Crippen LogP contribution in [0.5, 0.6) is 0 Å². The summed E-state index contributed by atoms with van der Waals surface area (Å²) >= 11 is 0. The highest BCUT2D eigenvalue weighted by Gasteiger charge is 2.39. The molecular weight excluding hydrogens is 344 g/mol. The van der Waals surface area contributed by atoms with E-state index in [9.17, 15) is 14.7 Å². The van der Waals surface area contributed by atoms with E-state index in [1.807, 2.05) is 24.3 Å². The highest BCUT2D eigenvalue weighted by atomic mass is 16.6. The maximum atomic E-state index is 12.5. The molecule has 2 aromatic rings. The zero-order chi connectivity index (χ0) is 19.0. The summed E-state index contributed by atoms with van der Waals surface area (Å²) in [5, 5.41) is 10.1. The van der Waals surface area contributed by atoms with Gasteiger partial charge >= 0.3 is 6.09 Å². The minimum Gasteiger partial charge on any atom is -0.448 e. The van der Waals surface area contributed by atoms with Crippen molar-refractivity contribution in [3.8, 4) is 11.1 Å². The summed E-state index contributed by atoms with van der Waals surface area (Å²) in [6, 6.07) is 16.3. The Bertz CT molecular complexity index is 842. The number of carbonyl (C=O) groups is 2. The standard InChI is InChI=1S/C21H22N2O4/c22-19(24)21(26)9-11-23(12-10-21)20(25)27-13-18-16-7-3-1-5-14(16)15-6-2-4-8-17(15)18/h1-8,18,26H,9-13H2,(H2,22,24). The van der Waals surface area contributed by atoms with Gasteiger partial charge in [0.1, 0.15) is 12.2 Å². The minimum atomic E-state index is -1.53. The van der Waals surface area contributed by atoms with Crippen LogP contribution >= 0.6 is 0 Å². The largest absolute Gasteiger partial charge is 0.448 e. The molecule has 0 radical (unpaired) electrons. The maximum Gasteiger partial charge on any atom is 0.409 e. The lowest BCUT2D eigenvalue weighted by molar-refractivity contribution is -0.140. The quantitative estimate of drug-likeness (QED) is 0.871. The molecule has 0 atom stereocenters. The number of hydrogen-bond acceptors (Lipinski definition) is 4. The van der Waals surface area contributed by atoms with Gasteiger partial charge < -0.3 is 20.5 Å². The van der Waals surface area contributed by atoms with Gasteiger partial charge in [0.15, 0.2) is 0 Å². The van der Waals surface area contributed by atoms with Crippen molar-refractivity contribution in [2.24, 2.45) is 5.73 Å². The molecule has 1 fully saturated rings. The van der Waals surface area contributed by atoms with E-state index in [1.165, 1.54) is 16.0 Å². The summed E-state index contributed by atoms with van der Waals surface area (Å²) in [5.74, 6) is -0.733. The number of benzene rings is 2. The summed E-state index contributed by atoms with van der Waals surface area (Å²) in [5.41, 5.74) is 8.38. The van der Waals surface area contributed by atoms with Crippen molar-refractivity contribution in [2.45, 2.75) is 24.4 Å². The fraction of sp³-hybridized carbons (Fsp3) is 0.333. The van der Waals surface area contributed by atoms with Gasteiger partial charge in [-0.3, -0.25) is 4.79 Å². The molecule has 140 valence electrons. The summed E-state index contributed by atoms with van der Waals surface area (Å²) in [7, 11) is 0. The number of fused-ring (bicyclic) bond motifs is 3. The van der Waals surface area contributed by atoms with E-state index in [2.05, 4.69) is 24.3 Å². The van der Waals surface area contributed by atoms with Crippen LogP contribution in [0, 0.1) is 0 Å². The van der Waals surface area contributed by atoms with Crippen molar-refractivity contribution in [3.05, 3.63) is 59.7 Å². The normalized spacial score (nSPS) is 17.9. The van der Waals surface area contributed by atoms with E-state index in [-0.39, 0.29) is 38.5 Å². The van der Waals surface area contributed by atoms with Gasteiger partial charge in [0, 0.05) is 31.8 Å². The second-order valence-corrected chi connectivity index (χ2v) is 7.19. The number of likely N-dealkylation sites (tertiary alicyclic amines) is 1. The third-order valence-corrected chi connectivity index (χ3v) is 5.64. The van der Waals surface area contributed by atoms with E-state index in [1.54, 1.807) is 0 Å². The fourth-order valence-corrected chi connectivity index (χ4v) is 3.99. The molecule has 0 spiro atoms. The molecule has 2 amide bonds. The molecule has 2 aliphatic rings. The first kappa shape index (κ1) is 17.5. The van der Waals surface area contributed by atoms with Crippen LogP contribution in [0.15, 0.2) is 48.5 Å². The van der Waals surface area contributed by atoms with Crippen LogP contribution in [0.4, 0.5) is 4.79 Å². The number of aliphatic hydroxyl groups is 1. The summed E-state index contributed by atoms with van der Waals surface area (Å²) in [4.78, 5) is 25.3. The van der Waals surface area contributed by atoms with Crippen molar-refractivity contribution >= 4 is 12.0 Å². The van der Waals surface area contributed by atoms with Crippen molar-refractivity contribution in [1.29, 1.82) is 0 Å². The van der Waals surface area contributed by atoms with Gasteiger partial charge in [-0.25, -0.2) is 4.79 Å². The van der Waals surface area contributed by atoms with Gasteiger partial charge in [-0.2, -0.15) is 0 Å². The molecule has 3 N–H and O–H groups in total. The number of ether oxygens (including phenoxy) is 1. The molecule has 0 bridgehead atoms. The average molecular weight is 366 g/mol. The summed E-state index contributed by atoms with van der Waals surface area (Å²) in [6.45, 7) is 0.746. The molecule has 6 nitrogen and oxygen atoms in total. The molecule has 1 aliphatic heterocycles. The van der Waals surface area contributed by atoms with Gasteiger partial charge in [-0.05, 0) is 22.3 Å². The van der Waals surface area contributed by atoms with E-state index >= 15 is 0 Å². The SMILES string of the molecule is NC(=O)C1(O)CCN(C(=O)OCC2c3ccccc3-c3ccccc32)CC1.